The van der Waals surface area contributed by atoms with Crippen LogP contribution in [0.2, 0.25) is 0 Å². The van der Waals surface area contributed by atoms with Crippen LogP contribution in [0, 0.1) is 5.92 Å². The summed E-state index contributed by atoms with van der Waals surface area (Å²) in [4.78, 5) is 29.1. The molecule has 1 saturated carbocycles. The molecule has 5 heteroatoms. The molecule has 2 aliphatic heterocycles. The van der Waals surface area contributed by atoms with E-state index in [2.05, 4.69) is 19.1 Å². The van der Waals surface area contributed by atoms with Crippen LogP contribution in [0.3, 0.4) is 0 Å². The first-order valence-electron chi connectivity index (χ1n) is 10.5. The van der Waals surface area contributed by atoms with E-state index in [1.54, 1.807) is 0 Å². The van der Waals surface area contributed by atoms with E-state index in [4.69, 9.17) is 4.74 Å². The number of hydrogen-bond acceptors (Lipinski definition) is 3. The van der Waals surface area contributed by atoms with Crippen molar-refractivity contribution in [2.45, 2.75) is 64.0 Å². The maximum Gasteiger partial charge on any atom is 0.227 e. The summed E-state index contributed by atoms with van der Waals surface area (Å²) >= 11 is 0. The van der Waals surface area contributed by atoms with Gasteiger partial charge in [0.2, 0.25) is 11.8 Å². The van der Waals surface area contributed by atoms with E-state index < -0.39 is 0 Å². The van der Waals surface area contributed by atoms with Crippen molar-refractivity contribution >= 4 is 11.8 Å². The molecule has 1 aromatic carbocycles. The summed E-state index contributed by atoms with van der Waals surface area (Å²) in [5, 5.41) is 0. The fourth-order valence-corrected chi connectivity index (χ4v) is 4.62. The van der Waals surface area contributed by atoms with Gasteiger partial charge in [-0.1, -0.05) is 31.9 Å². The van der Waals surface area contributed by atoms with Crippen molar-refractivity contribution in [1.29, 1.82) is 0 Å². The Balaban J connectivity index is 1.28. The quantitative estimate of drug-likeness (QED) is 0.801. The molecule has 146 valence electrons. The Labute approximate surface area is 161 Å². The Morgan fingerprint density at radius 2 is 1.93 bits per heavy atom. The molecule has 2 heterocycles. The van der Waals surface area contributed by atoms with E-state index in [1.807, 2.05) is 21.9 Å². The second kappa shape index (κ2) is 7.91. The third-order valence-corrected chi connectivity index (χ3v) is 6.33. The predicted molar refractivity (Wildman–Crippen MR) is 104 cm³/mol. The van der Waals surface area contributed by atoms with Crippen molar-refractivity contribution in [1.82, 2.24) is 9.80 Å². The number of benzene rings is 1. The number of carbonyl (C=O) groups is 2. The summed E-state index contributed by atoms with van der Waals surface area (Å²) in [5.74, 6) is 1.30. The molecule has 3 aliphatic rings. The minimum absolute atomic E-state index is 0.0346. The molecule has 1 atom stereocenters. The van der Waals surface area contributed by atoms with Gasteiger partial charge in [0.25, 0.3) is 0 Å². The Morgan fingerprint density at radius 1 is 1.15 bits per heavy atom. The van der Waals surface area contributed by atoms with Crippen molar-refractivity contribution in [2.24, 2.45) is 5.92 Å². The second-order valence-electron chi connectivity index (χ2n) is 8.20. The summed E-state index contributed by atoms with van der Waals surface area (Å²) in [6.45, 7) is 4.06. The van der Waals surface area contributed by atoms with Crippen molar-refractivity contribution in [3.63, 3.8) is 0 Å². The molecule has 0 bridgehead atoms. The number of amides is 2. The number of piperidine rings is 1. The monoisotopic (exact) mass is 370 g/mol. The number of carbonyl (C=O) groups excluding carboxylic acids is 2. The zero-order chi connectivity index (χ0) is 18.8. The molecular weight excluding hydrogens is 340 g/mol. The first kappa shape index (κ1) is 18.3. The first-order valence-corrected chi connectivity index (χ1v) is 10.5. The fourth-order valence-electron chi connectivity index (χ4n) is 4.62. The van der Waals surface area contributed by atoms with E-state index in [0.29, 0.717) is 38.5 Å². The first-order chi connectivity index (χ1) is 13.1. The van der Waals surface area contributed by atoms with E-state index in [-0.39, 0.29) is 23.8 Å². The van der Waals surface area contributed by atoms with Crippen LogP contribution in [-0.4, -0.2) is 53.4 Å². The van der Waals surface area contributed by atoms with Crippen molar-refractivity contribution in [2.75, 3.05) is 19.6 Å². The Hall–Kier alpha value is -2.04. The van der Waals surface area contributed by atoms with Crippen LogP contribution < -0.4 is 4.74 Å². The molecule has 1 aliphatic carbocycles. The van der Waals surface area contributed by atoms with Gasteiger partial charge in [-0.2, -0.15) is 0 Å². The Kier molecular flexibility index (Phi) is 5.37. The van der Waals surface area contributed by atoms with Gasteiger partial charge in [-0.15, -0.1) is 0 Å². The van der Waals surface area contributed by atoms with Crippen LogP contribution in [0.25, 0.3) is 0 Å². The average Bonchev–Trinajstić information content (AvgIpc) is 3.19. The largest absolute Gasteiger partial charge is 0.487 e. The van der Waals surface area contributed by atoms with Crippen LogP contribution in [0.15, 0.2) is 24.3 Å². The topological polar surface area (TPSA) is 49.9 Å². The van der Waals surface area contributed by atoms with Crippen LogP contribution in [0.4, 0.5) is 0 Å². The van der Waals surface area contributed by atoms with Gasteiger partial charge in [-0.25, -0.2) is 0 Å². The number of likely N-dealkylation sites (tertiary alicyclic amines) is 2. The highest BCUT2D eigenvalue weighted by Crippen LogP contribution is 2.30. The van der Waals surface area contributed by atoms with Crippen LogP contribution in [0.1, 0.15) is 51.0 Å². The summed E-state index contributed by atoms with van der Waals surface area (Å²) in [5.41, 5.74) is 1.26. The van der Waals surface area contributed by atoms with E-state index in [0.717, 1.165) is 25.0 Å². The van der Waals surface area contributed by atoms with Gasteiger partial charge >= 0.3 is 0 Å². The molecule has 1 aromatic rings. The van der Waals surface area contributed by atoms with Crippen molar-refractivity contribution < 1.29 is 14.3 Å². The smallest absolute Gasteiger partial charge is 0.227 e. The normalized spacial score (nSPS) is 24.2. The summed E-state index contributed by atoms with van der Waals surface area (Å²) < 4.78 is 6.02. The highest BCUT2D eigenvalue weighted by atomic mass is 16.5. The van der Waals surface area contributed by atoms with Crippen molar-refractivity contribution in [3.8, 4) is 5.75 Å². The predicted octanol–water partition coefficient (Wildman–Crippen LogP) is 3.02. The molecule has 2 saturated heterocycles. The summed E-state index contributed by atoms with van der Waals surface area (Å²) in [7, 11) is 0. The fraction of sp³-hybridized carbons (Fsp3) is 0.636. The lowest BCUT2D eigenvalue weighted by atomic mass is 9.93. The van der Waals surface area contributed by atoms with Gasteiger partial charge in [0.15, 0.2) is 0 Å². The van der Waals surface area contributed by atoms with Gasteiger partial charge < -0.3 is 14.5 Å². The Bertz CT molecular complexity index is 693. The van der Waals surface area contributed by atoms with Crippen LogP contribution >= 0.6 is 0 Å². The number of aryl methyl sites for hydroxylation is 1. The zero-order valence-corrected chi connectivity index (χ0v) is 16.2. The maximum absolute atomic E-state index is 12.9. The third-order valence-electron chi connectivity index (χ3n) is 6.33. The van der Waals surface area contributed by atoms with E-state index >= 15 is 0 Å². The lowest BCUT2D eigenvalue weighted by molar-refractivity contribution is -0.150. The Morgan fingerprint density at radius 3 is 2.67 bits per heavy atom. The molecule has 2 amide bonds. The molecule has 4 rings (SSSR count). The zero-order valence-electron chi connectivity index (χ0n) is 16.2. The minimum Gasteiger partial charge on any atom is -0.487 e. The molecule has 0 aromatic heterocycles. The molecule has 27 heavy (non-hydrogen) atoms. The SMILES string of the molecule is CCc1cccc(OC2CN(C(=O)[C@H]3CCC(=O)N(C4CCCC4)C3)C2)c1. The summed E-state index contributed by atoms with van der Waals surface area (Å²) in [6, 6.07) is 8.55. The average molecular weight is 370 g/mol. The van der Waals surface area contributed by atoms with Crippen LogP contribution in [0.5, 0.6) is 5.75 Å². The molecule has 3 fully saturated rings. The standard InChI is InChI=1S/C22H30N2O3/c1-2-16-6-5-9-19(12-16)27-20-14-23(15-20)22(26)17-10-11-21(25)24(13-17)18-7-3-4-8-18/h5-6,9,12,17-18,20H,2-4,7-8,10-11,13-15H2,1H3/t17-/m0/s1. The van der Waals surface area contributed by atoms with Crippen molar-refractivity contribution in [3.05, 3.63) is 29.8 Å². The third kappa shape index (κ3) is 3.97. The van der Waals surface area contributed by atoms with E-state index in [1.165, 1.54) is 18.4 Å². The lowest BCUT2D eigenvalue weighted by Gasteiger charge is -2.43. The highest BCUT2D eigenvalue weighted by Gasteiger charge is 2.40. The number of ether oxygens (including phenoxy) is 1. The number of nitrogens with zero attached hydrogens (tertiary/aromatic N) is 2. The molecule has 0 unspecified atom stereocenters. The maximum atomic E-state index is 12.9. The highest BCUT2D eigenvalue weighted by molar-refractivity contribution is 5.84. The van der Waals surface area contributed by atoms with Crippen LogP contribution in [-0.2, 0) is 16.0 Å². The van der Waals surface area contributed by atoms with Gasteiger partial charge in [-0.3, -0.25) is 9.59 Å². The number of hydrogen-bond donors (Lipinski definition) is 0. The van der Waals surface area contributed by atoms with Gasteiger partial charge in [0.1, 0.15) is 11.9 Å². The van der Waals surface area contributed by atoms with Gasteiger partial charge in [-0.05, 0) is 43.4 Å². The number of rotatable bonds is 5. The molecule has 0 radical (unpaired) electrons. The minimum atomic E-state index is -0.0346. The summed E-state index contributed by atoms with van der Waals surface area (Å²) in [6.07, 6.45) is 6.90. The lowest BCUT2D eigenvalue weighted by Crippen LogP contribution is -2.59. The molecule has 0 N–H and O–H groups in total. The molecule has 0 spiro atoms. The van der Waals surface area contributed by atoms with Gasteiger partial charge in [0, 0.05) is 19.0 Å². The second-order valence-corrected chi connectivity index (χ2v) is 8.20. The molecular formula is C22H30N2O3. The molecule has 5 nitrogen and oxygen atoms in total. The van der Waals surface area contributed by atoms with E-state index in [9.17, 15) is 9.59 Å². The van der Waals surface area contributed by atoms with Gasteiger partial charge in [0.05, 0.1) is 19.0 Å².